The van der Waals surface area contributed by atoms with Crippen molar-refractivity contribution in [2.24, 2.45) is 7.05 Å². The maximum Gasteiger partial charge on any atom is 0.256 e. The van der Waals surface area contributed by atoms with Gasteiger partial charge in [-0.15, -0.1) is 0 Å². The van der Waals surface area contributed by atoms with Crippen LogP contribution in [0, 0.1) is 0 Å². The summed E-state index contributed by atoms with van der Waals surface area (Å²) in [7, 11) is 3.67. The first-order valence-corrected chi connectivity index (χ1v) is 8.55. The lowest BCUT2D eigenvalue weighted by molar-refractivity contribution is -0.653. The molecule has 0 unspecified atom stereocenters. The van der Waals surface area contributed by atoms with Gasteiger partial charge in [-0.25, -0.2) is 9.13 Å². The number of hydrogen-bond donors (Lipinski definition) is 1. The highest BCUT2D eigenvalue weighted by atomic mass is 16.5. The van der Waals surface area contributed by atoms with Crippen molar-refractivity contribution in [3.63, 3.8) is 0 Å². The number of imidazole rings is 1. The van der Waals surface area contributed by atoms with E-state index in [1.807, 2.05) is 36.4 Å². The van der Waals surface area contributed by atoms with Gasteiger partial charge in [-0.05, 0) is 24.3 Å². The highest BCUT2D eigenvalue weighted by molar-refractivity contribution is 5.72. The van der Waals surface area contributed by atoms with Gasteiger partial charge in [0.25, 0.3) is 5.82 Å². The predicted octanol–water partition coefficient (Wildman–Crippen LogP) is 2.48. The lowest BCUT2D eigenvalue weighted by Crippen LogP contribution is -2.34. The van der Waals surface area contributed by atoms with Gasteiger partial charge >= 0.3 is 0 Å². The Balaban J connectivity index is 1.77. The zero-order valence-corrected chi connectivity index (χ0v) is 15.0. The van der Waals surface area contributed by atoms with Crippen molar-refractivity contribution in [2.75, 3.05) is 13.7 Å². The summed E-state index contributed by atoms with van der Waals surface area (Å²) in [6, 6.07) is 15.7. The second-order valence-electron chi connectivity index (χ2n) is 6.04. The van der Waals surface area contributed by atoms with Crippen molar-refractivity contribution >= 4 is 11.0 Å². The summed E-state index contributed by atoms with van der Waals surface area (Å²) in [6.07, 6.45) is 0.275. The van der Waals surface area contributed by atoms with E-state index >= 15 is 0 Å². The van der Waals surface area contributed by atoms with Crippen molar-refractivity contribution in [3.8, 4) is 11.5 Å². The topological polar surface area (TPSA) is 47.5 Å². The van der Waals surface area contributed by atoms with Crippen LogP contribution in [0.4, 0.5) is 0 Å². The Kier molecular flexibility index (Phi) is 5.24. The van der Waals surface area contributed by atoms with E-state index in [0.29, 0.717) is 18.0 Å². The van der Waals surface area contributed by atoms with Crippen LogP contribution in [0.5, 0.6) is 11.5 Å². The molecule has 1 heterocycles. The van der Waals surface area contributed by atoms with Crippen molar-refractivity contribution < 1.29 is 19.1 Å². The number of benzene rings is 2. The molecule has 0 amide bonds. The average Bonchev–Trinajstić information content (AvgIpc) is 2.92. The Bertz CT molecular complexity index is 857. The Hall–Kier alpha value is -2.53. The third-order valence-electron chi connectivity index (χ3n) is 4.44. The van der Waals surface area contributed by atoms with Crippen molar-refractivity contribution in [3.05, 3.63) is 54.4 Å². The largest absolute Gasteiger partial charge is 0.493 e. The monoisotopic (exact) mass is 341 g/mol. The number of aryl methyl sites for hydroxylation is 1. The normalized spacial score (nSPS) is 12.3. The SMILES string of the molecule is CCc1n(C[C@H](O)COc2ccccc2OC)c2ccccc2[n+]1C. The first-order valence-electron chi connectivity index (χ1n) is 8.55. The van der Waals surface area contributed by atoms with Gasteiger partial charge in [-0.2, -0.15) is 0 Å². The molecular formula is C20H25N2O3+. The third-order valence-corrected chi connectivity index (χ3v) is 4.44. The quantitative estimate of drug-likeness (QED) is 0.672. The molecule has 1 atom stereocenters. The van der Waals surface area contributed by atoms with Crippen LogP contribution in [0.1, 0.15) is 12.7 Å². The molecule has 2 aromatic carbocycles. The first-order chi connectivity index (χ1) is 12.2. The molecule has 1 aromatic heterocycles. The lowest BCUT2D eigenvalue weighted by atomic mass is 10.3. The van der Waals surface area contributed by atoms with Crippen molar-refractivity contribution in [1.82, 2.24) is 4.57 Å². The number of ether oxygens (including phenoxy) is 2. The Morgan fingerprint density at radius 3 is 2.48 bits per heavy atom. The summed E-state index contributed by atoms with van der Waals surface area (Å²) in [5.74, 6) is 2.49. The molecule has 132 valence electrons. The molecule has 3 aromatic rings. The molecule has 0 saturated carbocycles. The molecule has 25 heavy (non-hydrogen) atoms. The van der Waals surface area contributed by atoms with Crippen LogP contribution < -0.4 is 14.0 Å². The van der Waals surface area contributed by atoms with E-state index in [4.69, 9.17) is 9.47 Å². The fourth-order valence-corrected chi connectivity index (χ4v) is 3.25. The summed E-state index contributed by atoms with van der Waals surface area (Å²) in [4.78, 5) is 0. The number of nitrogens with zero attached hydrogens (tertiary/aromatic N) is 2. The summed E-state index contributed by atoms with van der Waals surface area (Å²) >= 11 is 0. The number of aromatic nitrogens is 2. The number of aliphatic hydroxyl groups is 1. The highest BCUT2D eigenvalue weighted by Gasteiger charge is 2.23. The van der Waals surface area contributed by atoms with E-state index < -0.39 is 6.10 Å². The summed E-state index contributed by atoms with van der Waals surface area (Å²) in [6.45, 7) is 2.82. The van der Waals surface area contributed by atoms with E-state index in [2.05, 4.69) is 35.2 Å². The van der Waals surface area contributed by atoms with E-state index in [1.54, 1.807) is 7.11 Å². The Morgan fingerprint density at radius 1 is 1.08 bits per heavy atom. The van der Waals surface area contributed by atoms with Crippen LogP contribution >= 0.6 is 0 Å². The molecule has 0 bridgehead atoms. The van der Waals surface area contributed by atoms with Gasteiger partial charge in [0.2, 0.25) is 0 Å². The minimum absolute atomic E-state index is 0.208. The van der Waals surface area contributed by atoms with Crippen molar-refractivity contribution in [2.45, 2.75) is 26.0 Å². The van der Waals surface area contributed by atoms with Gasteiger partial charge in [0.1, 0.15) is 19.3 Å². The van der Waals surface area contributed by atoms with E-state index in [9.17, 15) is 5.11 Å². The number of rotatable bonds is 7. The van der Waals surface area contributed by atoms with Gasteiger partial charge < -0.3 is 14.6 Å². The van der Waals surface area contributed by atoms with E-state index in [1.165, 1.54) is 5.82 Å². The van der Waals surface area contributed by atoms with Crippen LogP contribution in [-0.2, 0) is 20.0 Å². The van der Waals surface area contributed by atoms with Gasteiger partial charge in [0.15, 0.2) is 22.5 Å². The minimum Gasteiger partial charge on any atom is -0.493 e. The molecule has 5 heteroatoms. The van der Waals surface area contributed by atoms with Crippen LogP contribution in [-0.4, -0.2) is 29.5 Å². The van der Waals surface area contributed by atoms with Crippen LogP contribution in [0.3, 0.4) is 0 Å². The molecular weight excluding hydrogens is 316 g/mol. The molecule has 0 fully saturated rings. The first kappa shape index (κ1) is 17.3. The summed E-state index contributed by atoms with van der Waals surface area (Å²) < 4.78 is 15.4. The Morgan fingerprint density at radius 2 is 1.76 bits per heavy atom. The molecule has 0 saturated heterocycles. The van der Waals surface area contributed by atoms with Crippen molar-refractivity contribution in [1.29, 1.82) is 0 Å². The summed E-state index contributed by atoms with van der Waals surface area (Å²) in [5, 5.41) is 10.5. The molecule has 5 nitrogen and oxygen atoms in total. The number of methoxy groups -OCH3 is 1. The number of fused-ring (bicyclic) bond motifs is 1. The van der Waals surface area contributed by atoms with Gasteiger partial charge in [-0.1, -0.05) is 31.2 Å². The zero-order valence-electron chi connectivity index (χ0n) is 15.0. The van der Waals surface area contributed by atoms with Crippen LogP contribution in [0.25, 0.3) is 11.0 Å². The molecule has 0 aliphatic carbocycles. The van der Waals surface area contributed by atoms with Gasteiger partial charge in [0, 0.05) is 6.42 Å². The lowest BCUT2D eigenvalue weighted by Gasteiger charge is -2.14. The maximum atomic E-state index is 10.5. The van der Waals surface area contributed by atoms with E-state index in [0.717, 1.165) is 17.5 Å². The van der Waals surface area contributed by atoms with Crippen LogP contribution in [0.15, 0.2) is 48.5 Å². The number of para-hydroxylation sites is 4. The fraction of sp³-hybridized carbons (Fsp3) is 0.350. The van der Waals surface area contributed by atoms with E-state index in [-0.39, 0.29) is 6.61 Å². The van der Waals surface area contributed by atoms with Crippen LogP contribution in [0.2, 0.25) is 0 Å². The third kappa shape index (κ3) is 3.46. The summed E-state index contributed by atoms with van der Waals surface area (Å²) in [5.41, 5.74) is 2.29. The van der Waals surface area contributed by atoms with Gasteiger partial charge in [0.05, 0.1) is 14.2 Å². The average molecular weight is 341 g/mol. The zero-order chi connectivity index (χ0) is 17.8. The smallest absolute Gasteiger partial charge is 0.256 e. The second-order valence-corrected chi connectivity index (χ2v) is 6.04. The molecule has 0 radical (unpaired) electrons. The number of hydrogen-bond acceptors (Lipinski definition) is 3. The highest BCUT2D eigenvalue weighted by Crippen LogP contribution is 2.26. The molecule has 0 aliphatic heterocycles. The Labute approximate surface area is 148 Å². The van der Waals surface area contributed by atoms with Gasteiger partial charge in [-0.3, -0.25) is 0 Å². The number of aliphatic hydroxyl groups excluding tert-OH is 1. The fourth-order valence-electron chi connectivity index (χ4n) is 3.25. The molecule has 0 spiro atoms. The second kappa shape index (κ2) is 7.57. The maximum absolute atomic E-state index is 10.5. The standard InChI is InChI=1S/C20H25N2O3/c1-4-20-21(2)16-9-5-6-10-17(16)22(20)13-15(23)14-25-19-12-8-7-11-18(19)24-3/h5-12,15,23H,4,13-14H2,1-3H3/q+1/t15-/m0/s1. The molecule has 3 rings (SSSR count). The molecule has 0 aliphatic rings. The minimum atomic E-state index is -0.619. The molecule has 1 N–H and O–H groups in total. The predicted molar refractivity (Wildman–Crippen MR) is 97.0 cm³/mol.